The van der Waals surface area contributed by atoms with Crippen molar-refractivity contribution in [3.63, 3.8) is 0 Å². The minimum Gasteiger partial charge on any atom is -0.367 e. The number of hydrogen-bond acceptors (Lipinski definition) is 4. The third kappa shape index (κ3) is 7.54. The molecule has 25 heavy (non-hydrogen) atoms. The molecule has 152 valence electrons. The fraction of sp³-hybridized carbons (Fsp3) is 1.00. The van der Waals surface area contributed by atoms with E-state index in [0.717, 1.165) is 32.1 Å². The molecule has 0 amide bonds. The first kappa shape index (κ1) is 24.8. The van der Waals surface area contributed by atoms with Gasteiger partial charge in [0, 0.05) is 27.9 Å². The Balaban J connectivity index is 5.35. The Hall–Kier alpha value is -0.160. The molecule has 0 bridgehead atoms. The zero-order chi connectivity index (χ0) is 19.2. The van der Waals surface area contributed by atoms with Crippen LogP contribution in [0.2, 0.25) is 0 Å². The van der Waals surface area contributed by atoms with Gasteiger partial charge in [-0.15, -0.1) is 0 Å². The predicted octanol–water partition coefficient (Wildman–Crippen LogP) is 5.93. The lowest BCUT2D eigenvalue weighted by Crippen LogP contribution is -2.60. The van der Waals surface area contributed by atoms with E-state index < -0.39 is 11.6 Å². The van der Waals surface area contributed by atoms with Crippen molar-refractivity contribution < 1.29 is 18.9 Å². The molecule has 0 radical (unpaired) electrons. The van der Waals surface area contributed by atoms with Crippen LogP contribution in [-0.4, -0.2) is 39.5 Å². The van der Waals surface area contributed by atoms with Crippen molar-refractivity contribution in [1.82, 2.24) is 0 Å². The smallest absolute Gasteiger partial charge is 0.313 e. The van der Waals surface area contributed by atoms with Gasteiger partial charge in [-0.2, -0.15) is 0 Å². The second-order valence-electron chi connectivity index (χ2n) is 7.27. The largest absolute Gasteiger partial charge is 0.367 e. The number of unbranched alkanes of at least 4 members (excludes halogenated alkanes) is 4. The van der Waals surface area contributed by atoms with E-state index in [1.54, 1.807) is 21.3 Å². The maximum Gasteiger partial charge on any atom is 0.313 e. The molecule has 0 aliphatic rings. The summed E-state index contributed by atoms with van der Waals surface area (Å²) in [6.45, 7) is 9.58. The van der Waals surface area contributed by atoms with Gasteiger partial charge in [0.25, 0.3) is 0 Å². The fourth-order valence-electron chi connectivity index (χ4n) is 3.75. The van der Waals surface area contributed by atoms with Gasteiger partial charge in [-0.3, -0.25) is 0 Å². The molecule has 0 aromatic carbocycles. The maximum atomic E-state index is 6.44. The van der Waals surface area contributed by atoms with Crippen LogP contribution in [0.4, 0.5) is 0 Å². The summed E-state index contributed by atoms with van der Waals surface area (Å²) in [6, 6.07) is 0. The number of rotatable bonds is 17. The molecule has 0 fully saturated rings. The minimum absolute atomic E-state index is 0.533. The van der Waals surface area contributed by atoms with Crippen LogP contribution in [0.25, 0.3) is 0 Å². The Labute approximate surface area is 156 Å². The highest BCUT2D eigenvalue weighted by molar-refractivity contribution is 4.92. The summed E-state index contributed by atoms with van der Waals surface area (Å²) in [5, 5.41) is 0. The number of hydrogen-bond donors (Lipinski definition) is 0. The molecular formula is C21H44O4. The normalized spacial score (nSPS) is 16.0. The SMILES string of the molecule is CCCCCCC(C)CC(CCCC)(OCCC)C(OC)(OC)OC. The highest BCUT2D eigenvalue weighted by atomic mass is 16.9. The van der Waals surface area contributed by atoms with Gasteiger partial charge in [0.2, 0.25) is 0 Å². The van der Waals surface area contributed by atoms with Gasteiger partial charge in [-0.1, -0.05) is 72.6 Å². The van der Waals surface area contributed by atoms with Crippen molar-refractivity contribution in [3.8, 4) is 0 Å². The first-order chi connectivity index (χ1) is 12.0. The van der Waals surface area contributed by atoms with Gasteiger partial charge in [-0.05, 0) is 25.2 Å². The quantitative estimate of drug-likeness (QED) is 0.238. The second-order valence-corrected chi connectivity index (χ2v) is 7.27. The average Bonchev–Trinajstić information content (AvgIpc) is 2.63. The molecule has 0 aromatic rings. The third-order valence-electron chi connectivity index (χ3n) is 5.11. The Morgan fingerprint density at radius 1 is 0.760 bits per heavy atom. The molecule has 0 heterocycles. The average molecular weight is 361 g/mol. The van der Waals surface area contributed by atoms with E-state index in [-0.39, 0.29) is 0 Å². The lowest BCUT2D eigenvalue weighted by Gasteiger charge is -2.47. The van der Waals surface area contributed by atoms with Crippen molar-refractivity contribution >= 4 is 0 Å². The van der Waals surface area contributed by atoms with Gasteiger partial charge in [0.1, 0.15) is 5.60 Å². The fourth-order valence-corrected chi connectivity index (χ4v) is 3.75. The number of methoxy groups -OCH3 is 3. The van der Waals surface area contributed by atoms with Crippen LogP contribution in [0.5, 0.6) is 0 Å². The summed E-state index contributed by atoms with van der Waals surface area (Å²) < 4.78 is 23.8. The van der Waals surface area contributed by atoms with E-state index in [1.807, 2.05) is 0 Å². The van der Waals surface area contributed by atoms with E-state index in [4.69, 9.17) is 18.9 Å². The Morgan fingerprint density at radius 3 is 1.84 bits per heavy atom. The first-order valence-electron chi connectivity index (χ1n) is 10.3. The molecule has 4 heteroatoms. The van der Waals surface area contributed by atoms with Crippen molar-refractivity contribution in [1.29, 1.82) is 0 Å². The molecule has 0 aliphatic heterocycles. The van der Waals surface area contributed by atoms with Crippen LogP contribution in [-0.2, 0) is 18.9 Å². The standard InChI is InChI=1S/C21H44O4/c1-8-11-13-14-15-19(4)18-20(16-12-9-2,25-17-10-3)21(22-5,23-6)24-7/h19H,8-18H2,1-7H3. The molecule has 0 aromatic heterocycles. The molecule has 0 saturated carbocycles. The van der Waals surface area contributed by atoms with Crippen LogP contribution in [0.1, 0.15) is 91.9 Å². The molecule has 2 unspecified atom stereocenters. The maximum absolute atomic E-state index is 6.44. The Bertz CT molecular complexity index is 286. The van der Waals surface area contributed by atoms with Gasteiger partial charge >= 0.3 is 5.97 Å². The summed E-state index contributed by atoms with van der Waals surface area (Å²) in [5.74, 6) is -0.625. The second kappa shape index (κ2) is 14.0. The third-order valence-corrected chi connectivity index (χ3v) is 5.11. The van der Waals surface area contributed by atoms with Crippen molar-refractivity contribution in [2.75, 3.05) is 27.9 Å². The van der Waals surface area contributed by atoms with E-state index in [0.29, 0.717) is 12.5 Å². The number of ether oxygens (including phenoxy) is 4. The minimum atomic E-state index is -1.16. The van der Waals surface area contributed by atoms with Crippen LogP contribution in [0, 0.1) is 5.92 Å². The molecule has 0 saturated heterocycles. The van der Waals surface area contributed by atoms with Crippen molar-refractivity contribution in [3.05, 3.63) is 0 Å². The van der Waals surface area contributed by atoms with Crippen LogP contribution in [0.15, 0.2) is 0 Å². The lowest BCUT2D eigenvalue weighted by molar-refractivity contribution is -0.430. The van der Waals surface area contributed by atoms with Crippen LogP contribution >= 0.6 is 0 Å². The molecule has 0 N–H and O–H groups in total. The monoisotopic (exact) mass is 360 g/mol. The molecule has 4 nitrogen and oxygen atoms in total. The Kier molecular flexibility index (Phi) is 13.9. The highest BCUT2D eigenvalue weighted by Crippen LogP contribution is 2.42. The van der Waals surface area contributed by atoms with Crippen LogP contribution < -0.4 is 0 Å². The van der Waals surface area contributed by atoms with E-state index in [9.17, 15) is 0 Å². The summed E-state index contributed by atoms with van der Waals surface area (Å²) in [7, 11) is 4.94. The Morgan fingerprint density at radius 2 is 1.36 bits per heavy atom. The first-order valence-corrected chi connectivity index (χ1v) is 10.3. The van der Waals surface area contributed by atoms with Gasteiger partial charge < -0.3 is 18.9 Å². The van der Waals surface area contributed by atoms with E-state index in [1.165, 1.54) is 32.1 Å². The predicted molar refractivity (Wildman–Crippen MR) is 105 cm³/mol. The zero-order valence-corrected chi connectivity index (χ0v) is 18.0. The molecule has 0 spiro atoms. The summed E-state index contributed by atoms with van der Waals surface area (Å²) >= 11 is 0. The molecule has 2 atom stereocenters. The highest BCUT2D eigenvalue weighted by Gasteiger charge is 2.55. The lowest BCUT2D eigenvalue weighted by atomic mass is 9.82. The van der Waals surface area contributed by atoms with Gasteiger partial charge in [-0.25, -0.2) is 0 Å². The van der Waals surface area contributed by atoms with Crippen LogP contribution in [0.3, 0.4) is 0 Å². The molecular weight excluding hydrogens is 316 g/mol. The topological polar surface area (TPSA) is 36.9 Å². The summed E-state index contributed by atoms with van der Waals surface area (Å²) in [6.07, 6.45) is 11.3. The summed E-state index contributed by atoms with van der Waals surface area (Å²) in [5.41, 5.74) is -0.582. The van der Waals surface area contributed by atoms with Gasteiger partial charge in [0.05, 0.1) is 0 Å². The van der Waals surface area contributed by atoms with Crippen molar-refractivity contribution in [2.24, 2.45) is 5.92 Å². The van der Waals surface area contributed by atoms with E-state index >= 15 is 0 Å². The zero-order valence-electron chi connectivity index (χ0n) is 18.0. The summed E-state index contributed by atoms with van der Waals surface area (Å²) in [4.78, 5) is 0. The van der Waals surface area contributed by atoms with E-state index in [2.05, 4.69) is 27.7 Å². The van der Waals surface area contributed by atoms with Crippen molar-refractivity contribution in [2.45, 2.75) is 103 Å². The molecule has 0 rings (SSSR count). The molecule has 0 aliphatic carbocycles. The van der Waals surface area contributed by atoms with Gasteiger partial charge in [0.15, 0.2) is 0 Å².